The van der Waals surface area contributed by atoms with Crippen LogP contribution in [-0.2, 0) is 16.8 Å². The van der Waals surface area contributed by atoms with Gasteiger partial charge in [0.2, 0.25) is 5.95 Å². The van der Waals surface area contributed by atoms with Crippen molar-refractivity contribution in [2.45, 2.75) is 58.1 Å². The van der Waals surface area contributed by atoms with E-state index in [1.165, 1.54) is 5.56 Å². The quantitative estimate of drug-likeness (QED) is 0.654. The molecule has 1 unspecified atom stereocenters. The van der Waals surface area contributed by atoms with Crippen molar-refractivity contribution in [2.75, 3.05) is 5.32 Å². The molecule has 0 bridgehead atoms. The van der Waals surface area contributed by atoms with E-state index in [0.29, 0.717) is 19.0 Å². The number of carbonyl (C=O) groups is 1. The van der Waals surface area contributed by atoms with E-state index in [9.17, 15) is 4.79 Å². The van der Waals surface area contributed by atoms with Crippen molar-refractivity contribution in [2.24, 2.45) is 0 Å². The number of benzene rings is 2. The highest BCUT2D eigenvalue weighted by atomic mass is 16.5. The third-order valence-electron chi connectivity index (χ3n) is 6.15. The SMILES string of the molecule is CC(C)(C)c1ccc(COc2ccc(C3C4=C(CCCC4=O)Nc4nnnn43)cc2)cc1. The van der Waals surface area contributed by atoms with E-state index in [1.807, 2.05) is 24.3 Å². The number of ether oxygens (including phenoxy) is 1. The lowest BCUT2D eigenvalue weighted by atomic mass is 9.85. The van der Waals surface area contributed by atoms with Gasteiger partial charge >= 0.3 is 0 Å². The van der Waals surface area contributed by atoms with Gasteiger partial charge in [-0.1, -0.05) is 62.3 Å². The summed E-state index contributed by atoms with van der Waals surface area (Å²) in [5.41, 5.74) is 5.24. The van der Waals surface area contributed by atoms with E-state index in [4.69, 9.17) is 4.74 Å². The Hall–Kier alpha value is -3.48. The molecule has 5 rings (SSSR count). The molecule has 0 saturated carbocycles. The van der Waals surface area contributed by atoms with Crippen molar-refractivity contribution < 1.29 is 9.53 Å². The van der Waals surface area contributed by atoms with E-state index >= 15 is 0 Å². The lowest BCUT2D eigenvalue weighted by Crippen LogP contribution is -2.31. The standard InChI is InChI=1S/C25H27N5O2/c1-25(2,3)18-11-7-16(8-12-18)15-32-19-13-9-17(10-14-19)23-22-20(5-4-6-21(22)31)26-24-27-28-29-30(23)24/h7-14,23H,4-6,15H2,1-3H3,(H,26,27,29). The molecule has 3 aromatic rings. The third kappa shape index (κ3) is 3.79. The first-order valence-electron chi connectivity index (χ1n) is 11.0. The van der Waals surface area contributed by atoms with Crippen molar-refractivity contribution in [1.29, 1.82) is 0 Å². The lowest BCUT2D eigenvalue weighted by molar-refractivity contribution is -0.116. The molecule has 1 aliphatic heterocycles. The predicted molar refractivity (Wildman–Crippen MR) is 121 cm³/mol. The van der Waals surface area contributed by atoms with E-state index in [2.05, 4.69) is 65.9 Å². The molecule has 164 valence electrons. The number of ketones is 1. The number of nitrogens with one attached hydrogen (secondary N) is 1. The molecule has 2 aromatic carbocycles. The van der Waals surface area contributed by atoms with Gasteiger partial charge in [-0.2, -0.15) is 4.68 Å². The van der Waals surface area contributed by atoms with Crippen molar-refractivity contribution in [3.05, 3.63) is 76.5 Å². The van der Waals surface area contributed by atoms with Crippen LogP contribution in [-0.4, -0.2) is 26.0 Å². The Morgan fingerprint density at radius 2 is 1.81 bits per heavy atom. The first-order chi connectivity index (χ1) is 15.4. The zero-order valence-corrected chi connectivity index (χ0v) is 18.6. The highest BCUT2D eigenvalue weighted by Gasteiger charge is 2.36. The summed E-state index contributed by atoms with van der Waals surface area (Å²) in [5.74, 6) is 1.51. The lowest BCUT2D eigenvalue weighted by Gasteiger charge is -2.31. The van der Waals surface area contributed by atoms with Gasteiger partial charge in [-0.3, -0.25) is 4.79 Å². The van der Waals surface area contributed by atoms with Gasteiger partial charge in [0.25, 0.3) is 0 Å². The van der Waals surface area contributed by atoms with Crippen LogP contribution in [0, 0.1) is 0 Å². The van der Waals surface area contributed by atoms with Crippen LogP contribution in [0.5, 0.6) is 5.75 Å². The molecular weight excluding hydrogens is 402 g/mol. The maximum Gasteiger partial charge on any atom is 0.248 e. The molecule has 0 amide bonds. The van der Waals surface area contributed by atoms with Crippen LogP contribution in [0.25, 0.3) is 0 Å². The minimum atomic E-state index is -0.317. The highest BCUT2D eigenvalue weighted by Crippen LogP contribution is 2.39. The van der Waals surface area contributed by atoms with Gasteiger partial charge in [0, 0.05) is 17.7 Å². The van der Waals surface area contributed by atoms with Gasteiger partial charge in [0.1, 0.15) is 18.4 Å². The normalized spacial score (nSPS) is 18.1. The van der Waals surface area contributed by atoms with Crippen molar-refractivity contribution >= 4 is 11.7 Å². The molecule has 0 spiro atoms. The smallest absolute Gasteiger partial charge is 0.248 e. The van der Waals surface area contributed by atoms with Crippen LogP contribution in [0.1, 0.15) is 62.8 Å². The molecule has 0 saturated heterocycles. The maximum absolute atomic E-state index is 12.8. The zero-order valence-electron chi connectivity index (χ0n) is 18.6. The Balaban J connectivity index is 1.34. The van der Waals surface area contributed by atoms with Gasteiger partial charge < -0.3 is 10.1 Å². The van der Waals surface area contributed by atoms with Crippen LogP contribution in [0.2, 0.25) is 0 Å². The van der Waals surface area contributed by atoms with E-state index < -0.39 is 0 Å². The monoisotopic (exact) mass is 429 g/mol. The molecular formula is C25H27N5O2. The third-order valence-corrected chi connectivity index (χ3v) is 6.15. The van der Waals surface area contributed by atoms with Crippen molar-refractivity contribution in [1.82, 2.24) is 20.2 Å². The average molecular weight is 430 g/mol. The van der Waals surface area contributed by atoms with E-state index in [0.717, 1.165) is 41.0 Å². The average Bonchev–Trinajstić information content (AvgIpc) is 3.25. The molecule has 0 fully saturated rings. The van der Waals surface area contributed by atoms with Crippen molar-refractivity contribution in [3.8, 4) is 5.75 Å². The summed E-state index contributed by atoms with van der Waals surface area (Å²) in [6.45, 7) is 7.13. The summed E-state index contributed by atoms with van der Waals surface area (Å²) in [4.78, 5) is 12.8. The van der Waals surface area contributed by atoms with E-state index in [1.54, 1.807) is 4.68 Å². The van der Waals surface area contributed by atoms with Crippen LogP contribution < -0.4 is 10.1 Å². The highest BCUT2D eigenvalue weighted by molar-refractivity contribution is 5.99. The molecule has 7 heteroatoms. The number of rotatable bonds is 4. The number of tetrazole rings is 1. The second-order valence-corrected chi connectivity index (χ2v) is 9.45. The predicted octanol–water partition coefficient (Wildman–Crippen LogP) is 4.57. The molecule has 7 nitrogen and oxygen atoms in total. The topological polar surface area (TPSA) is 81.9 Å². The second-order valence-electron chi connectivity index (χ2n) is 9.45. The van der Waals surface area contributed by atoms with E-state index in [-0.39, 0.29) is 17.2 Å². The summed E-state index contributed by atoms with van der Waals surface area (Å²) in [5, 5.41) is 15.2. The Kier molecular flexibility index (Phi) is 5.04. The summed E-state index contributed by atoms with van der Waals surface area (Å²) in [7, 11) is 0. The van der Waals surface area contributed by atoms with Crippen LogP contribution >= 0.6 is 0 Å². The summed E-state index contributed by atoms with van der Waals surface area (Å²) >= 11 is 0. The second kappa shape index (κ2) is 7.89. The number of anilines is 1. The molecule has 1 aliphatic carbocycles. The van der Waals surface area contributed by atoms with Gasteiger partial charge in [0.05, 0.1) is 0 Å². The summed E-state index contributed by atoms with van der Waals surface area (Å²) < 4.78 is 7.69. The Bertz CT molecular complexity index is 1170. The number of hydrogen-bond donors (Lipinski definition) is 1. The fraction of sp³-hybridized carbons (Fsp3) is 0.360. The molecule has 2 heterocycles. The van der Waals surface area contributed by atoms with Gasteiger partial charge in [0.15, 0.2) is 5.78 Å². The summed E-state index contributed by atoms with van der Waals surface area (Å²) in [6.07, 6.45) is 2.24. The van der Waals surface area contributed by atoms with Gasteiger partial charge in [-0.05, 0) is 57.5 Å². The fourth-order valence-corrected chi connectivity index (χ4v) is 4.34. The molecule has 1 N–H and O–H groups in total. The van der Waals surface area contributed by atoms with Crippen LogP contribution in [0.3, 0.4) is 0 Å². The number of fused-ring (bicyclic) bond motifs is 1. The number of Topliss-reactive ketones (excluding diaryl/α,β-unsaturated/α-hetero) is 1. The minimum Gasteiger partial charge on any atom is -0.489 e. The van der Waals surface area contributed by atoms with Gasteiger partial charge in [-0.25, -0.2) is 0 Å². The molecule has 1 aromatic heterocycles. The number of nitrogens with zero attached hydrogens (tertiary/aromatic N) is 4. The molecule has 32 heavy (non-hydrogen) atoms. The van der Waals surface area contributed by atoms with Crippen LogP contribution in [0.4, 0.5) is 5.95 Å². The Morgan fingerprint density at radius 1 is 1.06 bits per heavy atom. The maximum atomic E-state index is 12.8. The Labute approximate surface area is 187 Å². The number of allylic oxidation sites excluding steroid dienone is 2. The first kappa shape index (κ1) is 20.4. The number of aromatic nitrogens is 4. The molecule has 0 radical (unpaired) electrons. The number of hydrogen-bond acceptors (Lipinski definition) is 6. The first-order valence-corrected chi connectivity index (χ1v) is 11.0. The van der Waals surface area contributed by atoms with Crippen molar-refractivity contribution in [3.63, 3.8) is 0 Å². The Morgan fingerprint density at radius 3 is 2.53 bits per heavy atom. The minimum absolute atomic E-state index is 0.137. The van der Waals surface area contributed by atoms with Gasteiger partial charge in [-0.15, -0.1) is 0 Å². The molecule has 2 aliphatic rings. The van der Waals surface area contributed by atoms with Crippen LogP contribution in [0.15, 0.2) is 59.8 Å². The number of carbonyl (C=O) groups excluding carboxylic acids is 1. The fourth-order valence-electron chi connectivity index (χ4n) is 4.34. The molecule has 1 atom stereocenters. The zero-order chi connectivity index (χ0) is 22.3. The summed E-state index contributed by atoms with van der Waals surface area (Å²) in [6, 6.07) is 16.1. The largest absolute Gasteiger partial charge is 0.489 e.